The van der Waals surface area contributed by atoms with Gasteiger partial charge in [-0.15, -0.1) is 13.2 Å². The Hall–Kier alpha value is -2.39. The summed E-state index contributed by atoms with van der Waals surface area (Å²) in [5.74, 6) is -3.39. The van der Waals surface area contributed by atoms with Crippen LogP contribution in [0.15, 0.2) is 6.07 Å². The molecule has 0 N–H and O–H groups in total. The number of halogens is 3. The van der Waals surface area contributed by atoms with Crippen LogP contribution in [-0.2, 0) is 4.74 Å². The van der Waals surface area contributed by atoms with Gasteiger partial charge >= 0.3 is 18.1 Å². The summed E-state index contributed by atoms with van der Waals surface area (Å²) in [7, 11) is 0. The summed E-state index contributed by atoms with van der Waals surface area (Å²) in [6, 6.07) is 0.771. The molecule has 0 amide bonds. The third kappa shape index (κ3) is 3.80. The van der Waals surface area contributed by atoms with E-state index in [0.717, 1.165) is 6.07 Å². The Balaban J connectivity index is 3.47. The maximum Gasteiger partial charge on any atom is 0.573 e. The van der Waals surface area contributed by atoms with Gasteiger partial charge in [-0.2, -0.15) is 0 Å². The quantitative estimate of drug-likeness (QED) is 0.481. The van der Waals surface area contributed by atoms with E-state index < -0.39 is 34.4 Å². The maximum absolute atomic E-state index is 12.3. The van der Waals surface area contributed by atoms with Gasteiger partial charge in [-0.3, -0.25) is 0 Å². The van der Waals surface area contributed by atoms with E-state index in [0.29, 0.717) is 0 Å². The fourth-order valence-corrected chi connectivity index (χ4v) is 1.36. The van der Waals surface area contributed by atoms with Crippen LogP contribution in [0, 0.1) is 17.0 Å². The molecule has 0 bridgehead atoms. The van der Waals surface area contributed by atoms with Gasteiger partial charge in [-0.05, 0) is 16.8 Å². The number of nitro groups is 1. The van der Waals surface area contributed by atoms with Gasteiger partial charge < -0.3 is 19.6 Å². The Morgan fingerprint density at radius 1 is 1.50 bits per heavy atom. The summed E-state index contributed by atoms with van der Waals surface area (Å²) in [6.45, 7) is 2.45. The second-order valence-corrected chi connectivity index (χ2v) is 3.49. The van der Waals surface area contributed by atoms with Crippen LogP contribution < -0.4 is 4.74 Å². The van der Waals surface area contributed by atoms with Crippen molar-refractivity contribution in [1.29, 1.82) is 0 Å². The van der Waals surface area contributed by atoms with Crippen molar-refractivity contribution in [2.75, 3.05) is 6.61 Å². The Labute approximate surface area is 110 Å². The van der Waals surface area contributed by atoms with Gasteiger partial charge in [0.15, 0.2) is 17.0 Å². The monoisotopic (exact) mass is 294 g/mol. The molecule has 0 fully saturated rings. The molecule has 0 saturated carbocycles. The van der Waals surface area contributed by atoms with Crippen molar-refractivity contribution in [2.45, 2.75) is 20.2 Å². The smallest absolute Gasteiger partial charge is 0.462 e. The number of aromatic nitrogens is 1. The van der Waals surface area contributed by atoms with Gasteiger partial charge in [0.25, 0.3) is 0 Å². The molecule has 0 radical (unpaired) electrons. The highest BCUT2D eigenvalue weighted by Gasteiger charge is 2.37. The molecular weight excluding hydrogens is 285 g/mol. The largest absolute Gasteiger partial charge is 0.573 e. The number of rotatable bonds is 4. The van der Waals surface area contributed by atoms with E-state index in [-0.39, 0.29) is 12.3 Å². The van der Waals surface area contributed by atoms with Crippen molar-refractivity contribution >= 4 is 11.8 Å². The van der Waals surface area contributed by atoms with Crippen LogP contribution in [0.1, 0.15) is 23.0 Å². The highest BCUT2D eigenvalue weighted by molar-refractivity contribution is 5.96. The number of esters is 1. The third-order valence-corrected chi connectivity index (χ3v) is 1.97. The highest BCUT2D eigenvalue weighted by atomic mass is 19.4. The molecule has 110 valence electrons. The molecule has 10 heteroatoms. The fraction of sp³-hybridized carbons (Fsp3) is 0.400. The van der Waals surface area contributed by atoms with Crippen molar-refractivity contribution in [2.24, 2.45) is 0 Å². The number of hydrogen-bond acceptors (Lipinski definition) is 6. The Morgan fingerprint density at radius 3 is 2.55 bits per heavy atom. The first-order chi connectivity index (χ1) is 9.15. The normalized spacial score (nSPS) is 11.1. The van der Waals surface area contributed by atoms with Gasteiger partial charge in [0.05, 0.1) is 6.61 Å². The topological polar surface area (TPSA) is 91.6 Å². The van der Waals surface area contributed by atoms with Crippen LogP contribution in [0.4, 0.5) is 19.0 Å². The molecular formula is C10H9F3N2O5. The summed E-state index contributed by atoms with van der Waals surface area (Å²) in [6.07, 6.45) is -5.11. The van der Waals surface area contributed by atoms with E-state index >= 15 is 0 Å². The first-order valence-electron chi connectivity index (χ1n) is 5.24. The number of carbonyl (C=O) groups excluding carboxylic acids is 1. The summed E-state index contributed by atoms with van der Waals surface area (Å²) in [5.41, 5.74) is -1.08. The average Bonchev–Trinajstić information content (AvgIpc) is 2.25. The minimum Gasteiger partial charge on any atom is -0.462 e. The Morgan fingerprint density at radius 2 is 2.10 bits per heavy atom. The number of hydrogen-bond donors (Lipinski definition) is 0. The molecule has 7 nitrogen and oxygen atoms in total. The van der Waals surface area contributed by atoms with Gasteiger partial charge in [0.2, 0.25) is 0 Å². The first kappa shape index (κ1) is 15.7. The van der Waals surface area contributed by atoms with Crippen LogP contribution >= 0.6 is 0 Å². The van der Waals surface area contributed by atoms with Crippen molar-refractivity contribution in [3.8, 4) is 5.75 Å². The third-order valence-electron chi connectivity index (χ3n) is 1.97. The van der Waals surface area contributed by atoms with Crippen LogP contribution in [0.2, 0.25) is 0 Å². The molecule has 0 atom stereocenters. The lowest BCUT2D eigenvalue weighted by Gasteiger charge is -2.12. The van der Waals surface area contributed by atoms with Crippen LogP contribution in [-0.4, -0.2) is 28.8 Å². The molecule has 0 saturated heterocycles. The zero-order chi connectivity index (χ0) is 15.5. The molecule has 0 spiro atoms. The molecule has 0 aliphatic carbocycles. The minimum atomic E-state index is -5.11. The lowest BCUT2D eigenvalue weighted by molar-refractivity contribution is -0.390. The number of alkyl halides is 3. The van der Waals surface area contributed by atoms with Crippen molar-refractivity contribution in [1.82, 2.24) is 4.98 Å². The first-order valence-corrected chi connectivity index (χ1v) is 5.24. The molecule has 1 aromatic rings. The average molecular weight is 294 g/mol. The summed E-state index contributed by atoms with van der Waals surface area (Å²) in [5, 5.41) is 10.8. The van der Waals surface area contributed by atoms with E-state index in [1.807, 2.05) is 0 Å². The van der Waals surface area contributed by atoms with E-state index in [9.17, 15) is 28.1 Å². The Kier molecular flexibility index (Phi) is 4.48. The fourth-order valence-electron chi connectivity index (χ4n) is 1.36. The second-order valence-electron chi connectivity index (χ2n) is 3.49. The molecule has 0 aliphatic heterocycles. The summed E-state index contributed by atoms with van der Waals surface area (Å²) < 4.78 is 44.9. The lowest BCUT2D eigenvalue weighted by Crippen LogP contribution is -2.21. The summed E-state index contributed by atoms with van der Waals surface area (Å²) >= 11 is 0. The number of ether oxygens (including phenoxy) is 2. The van der Waals surface area contributed by atoms with Gasteiger partial charge in [0, 0.05) is 13.0 Å². The predicted molar refractivity (Wildman–Crippen MR) is 58.3 cm³/mol. The molecule has 1 rings (SSSR count). The SMILES string of the molecule is CCOC(=O)c1c(OC(F)(F)F)cc(C)nc1[N+](=O)[O-]. The maximum atomic E-state index is 12.3. The molecule has 0 aliphatic rings. The van der Waals surface area contributed by atoms with Crippen LogP contribution in [0.3, 0.4) is 0 Å². The zero-order valence-electron chi connectivity index (χ0n) is 10.4. The molecule has 1 heterocycles. The molecule has 0 unspecified atom stereocenters. The molecule has 1 aromatic heterocycles. The van der Waals surface area contributed by atoms with Gasteiger partial charge in [-0.1, -0.05) is 0 Å². The number of carbonyl (C=O) groups is 1. The van der Waals surface area contributed by atoms with Crippen LogP contribution in [0.5, 0.6) is 5.75 Å². The van der Waals surface area contributed by atoms with Gasteiger partial charge in [0.1, 0.15) is 0 Å². The number of aryl methyl sites for hydroxylation is 1. The van der Waals surface area contributed by atoms with Crippen molar-refractivity contribution < 1.29 is 32.4 Å². The van der Waals surface area contributed by atoms with E-state index in [1.54, 1.807) is 0 Å². The zero-order valence-corrected chi connectivity index (χ0v) is 10.4. The standard InChI is InChI=1S/C10H9F3N2O5/c1-3-19-9(16)7-6(20-10(11,12)13)4-5(2)14-8(7)15(17)18/h4H,3H2,1-2H3. The highest BCUT2D eigenvalue weighted by Crippen LogP contribution is 2.32. The number of nitrogens with zero attached hydrogens (tertiary/aromatic N) is 2. The van der Waals surface area contributed by atoms with Gasteiger partial charge in [-0.25, -0.2) is 4.79 Å². The summed E-state index contributed by atoms with van der Waals surface area (Å²) in [4.78, 5) is 24.7. The number of pyridine rings is 1. The lowest BCUT2D eigenvalue weighted by atomic mass is 10.2. The van der Waals surface area contributed by atoms with Crippen molar-refractivity contribution in [3.05, 3.63) is 27.4 Å². The van der Waals surface area contributed by atoms with E-state index in [1.165, 1.54) is 13.8 Å². The van der Waals surface area contributed by atoms with E-state index in [2.05, 4.69) is 14.5 Å². The van der Waals surface area contributed by atoms with Crippen molar-refractivity contribution in [3.63, 3.8) is 0 Å². The minimum absolute atomic E-state index is 0.107. The Bertz CT molecular complexity index is 544. The van der Waals surface area contributed by atoms with Crippen LogP contribution in [0.25, 0.3) is 0 Å². The van der Waals surface area contributed by atoms with E-state index in [4.69, 9.17) is 0 Å². The molecule has 0 aromatic carbocycles. The molecule has 20 heavy (non-hydrogen) atoms. The predicted octanol–water partition coefficient (Wildman–Crippen LogP) is 2.37. The second kappa shape index (κ2) is 5.72.